The van der Waals surface area contributed by atoms with Crippen LogP contribution in [0.5, 0.6) is 0 Å². The molecule has 0 saturated carbocycles. The topological polar surface area (TPSA) is 46.2 Å². The van der Waals surface area contributed by atoms with E-state index in [2.05, 4.69) is 19.2 Å². The van der Waals surface area contributed by atoms with E-state index in [1.54, 1.807) is 0 Å². The van der Waals surface area contributed by atoms with Gasteiger partial charge in [-0.1, -0.05) is 78.1 Å². The summed E-state index contributed by atoms with van der Waals surface area (Å²) in [6, 6.07) is 0. The van der Waals surface area contributed by atoms with Crippen LogP contribution in [0.1, 0.15) is 110 Å². The Kier molecular flexibility index (Phi) is 17.8. The summed E-state index contributed by atoms with van der Waals surface area (Å²) in [6.45, 7) is 5.25. The molecule has 3 heteroatoms. The molecule has 1 N–H and O–H groups in total. The number of carbonyl (C=O) groups is 2. The first-order valence-corrected chi connectivity index (χ1v) is 10.5. The Bertz CT molecular complexity index is 292. The fourth-order valence-electron chi connectivity index (χ4n) is 3.09. The van der Waals surface area contributed by atoms with Gasteiger partial charge in [-0.15, -0.1) is 0 Å². The van der Waals surface area contributed by atoms with E-state index in [1.807, 2.05) is 0 Å². The number of carbonyl (C=O) groups excluding carboxylic acids is 2. The molecule has 0 radical (unpaired) electrons. The van der Waals surface area contributed by atoms with Crippen molar-refractivity contribution in [1.82, 2.24) is 5.32 Å². The van der Waals surface area contributed by atoms with Gasteiger partial charge in [0.2, 0.25) is 5.91 Å². The van der Waals surface area contributed by atoms with Crippen molar-refractivity contribution in [1.29, 1.82) is 0 Å². The highest BCUT2D eigenvalue weighted by molar-refractivity contribution is 5.78. The van der Waals surface area contributed by atoms with Crippen LogP contribution < -0.4 is 5.32 Å². The molecule has 24 heavy (non-hydrogen) atoms. The smallest absolute Gasteiger partial charge is 0.223 e. The molecule has 142 valence electrons. The average molecular weight is 340 g/mol. The molecule has 0 aliphatic carbocycles. The maximum absolute atomic E-state index is 12.4. The molecule has 1 atom stereocenters. The standard InChI is InChI=1S/C21H41NO2/c1-3-5-7-13-17-20(16-6-4-2)21(24)22-18-14-11-9-8-10-12-15-19-23/h19-20H,3-18H2,1-2H3,(H,22,24). The van der Waals surface area contributed by atoms with Gasteiger partial charge in [0.05, 0.1) is 0 Å². The SMILES string of the molecule is CCCCCCC(CCCC)C(=O)NCCCCCCCCC=O. The van der Waals surface area contributed by atoms with Crippen LogP contribution in [0.2, 0.25) is 0 Å². The zero-order chi connectivity index (χ0) is 17.9. The van der Waals surface area contributed by atoms with Crippen LogP contribution in [-0.4, -0.2) is 18.7 Å². The van der Waals surface area contributed by atoms with Crippen molar-refractivity contribution in [3.63, 3.8) is 0 Å². The molecule has 1 amide bonds. The predicted octanol–water partition coefficient (Wildman–Crippen LogP) is 5.81. The first-order chi connectivity index (χ1) is 11.8. The number of aldehydes is 1. The van der Waals surface area contributed by atoms with Crippen LogP contribution in [-0.2, 0) is 9.59 Å². The third-order valence-corrected chi connectivity index (χ3v) is 4.73. The Morgan fingerprint density at radius 3 is 2.04 bits per heavy atom. The van der Waals surface area contributed by atoms with E-state index >= 15 is 0 Å². The second kappa shape index (κ2) is 18.5. The lowest BCUT2D eigenvalue weighted by atomic mass is 9.94. The largest absolute Gasteiger partial charge is 0.356 e. The van der Waals surface area contributed by atoms with Gasteiger partial charge in [0.15, 0.2) is 0 Å². The summed E-state index contributed by atoms with van der Waals surface area (Å²) in [5.74, 6) is 0.510. The van der Waals surface area contributed by atoms with Crippen molar-refractivity contribution in [2.45, 2.75) is 110 Å². The first kappa shape index (κ1) is 23.1. The summed E-state index contributed by atoms with van der Waals surface area (Å²) in [4.78, 5) is 22.6. The third-order valence-electron chi connectivity index (χ3n) is 4.73. The van der Waals surface area contributed by atoms with Crippen molar-refractivity contribution < 1.29 is 9.59 Å². The van der Waals surface area contributed by atoms with Gasteiger partial charge in [-0.2, -0.15) is 0 Å². The zero-order valence-electron chi connectivity index (χ0n) is 16.3. The Morgan fingerprint density at radius 1 is 0.792 bits per heavy atom. The molecular weight excluding hydrogens is 298 g/mol. The lowest BCUT2D eigenvalue weighted by Gasteiger charge is -2.16. The molecule has 0 aromatic heterocycles. The number of hydrogen-bond acceptors (Lipinski definition) is 2. The summed E-state index contributed by atoms with van der Waals surface area (Å²) < 4.78 is 0. The highest BCUT2D eigenvalue weighted by Crippen LogP contribution is 2.17. The summed E-state index contributed by atoms with van der Waals surface area (Å²) in [5, 5.41) is 3.16. The quantitative estimate of drug-likeness (QED) is 0.253. The van der Waals surface area contributed by atoms with Crippen LogP contribution in [0.25, 0.3) is 0 Å². The van der Waals surface area contributed by atoms with Gasteiger partial charge in [0, 0.05) is 18.9 Å². The molecule has 0 saturated heterocycles. The molecule has 0 heterocycles. The molecule has 0 spiro atoms. The van der Waals surface area contributed by atoms with Crippen LogP contribution in [0.4, 0.5) is 0 Å². The van der Waals surface area contributed by atoms with E-state index in [1.165, 1.54) is 51.4 Å². The van der Waals surface area contributed by atoms with Gasteiger partial charge < -0.3 is 10.1 Å². The molecule has 3 nitrogen and oxygen atoms in total. The number of nitrogens with one attached hydrogen (secondary N) is 1. The highest BCUT2D eigenvalue weighted by atomic mass is 16.1. The second-order valence-corrected chi connectivity index (χ2v) is 7.06. The Labute approximate surface area is 150 Å². The second-order valence-electron chi connectivity index (χ2n) is 7.06. The van der Waals surface area contributed by atoms with Gasteiger partial charge in [-0.25, -0.2) is 0 Å². The normalized spacial score (nSPS) is 12.1. The minimum Gasteiger partial charge on any atom is -0.356 e. The molecule has 0 aliphatic rings. The average Bonchev–Trinajstić information content (AvgIpc) is 2.59. The molecule has 0 aromatic rings. The van der Waals surface area contributed by atoms with Gasteiger partial charge in [-0.05, 0) is 25.7 Å². The minimum absolute atomic E-state index is 0.227. The number of unbranched alkanes of at least 4 members (excludes halogenated alkanes) is 10. The van der Waals surface area contributed by atoms with Crippen molar-refractivity contribution in [2.24, 2.45) is 5.92 Å². The van der Waals surface area contributed by atoms with E-state index in [9.17, 15) is 9.59 Å². The maximum Gasteiger partial charge on any atom is 0.223 e. The van der Waals surface area contributed by atoms with E-state index in [-0.39, 0.29) is 11.8 Å². The van der Waals surface area contributed by atoms with E-state index in [0.29, 0.717) is 6.42 Å². The lowest BCUT2D eigenvalue weighted by molar-refractivity contribution is -0.125. The summed E-state index contributed by atoms with van der Waals surface area (Å²) in [7, 11) is 0. The molecular formula is C21H41NO2. The summed E-state index contributed by atoms with van der Waals surface area (Å²) in [5.41, 5.74) is 0. The third kappa shape index (κ3) is 14.7. The van der Waals surface area contributed by atoms with Gasteiger partial charge in [-0.3, -0.25) is 4.79 Å². The van der Waals surface area contributed by atoms with Gasteiger partial charge in [0.1, 0.15) is 6.29 Å². The predicted molar refractivity (Wildman–Crippen MR) is 103 cm³/mol. The minimum atomic E-state index is 0.227. The van der Waals surface area contributed by atoms with E-state index < -0.39 is 0 Å². The van der Waals surface area contributed by atoms with Crippen LogP contribution in [0.15, 0.2) is 0 Å². The Hall–Kier alpha value is -0.860. The molecule has 1 unspecified atom stereocenters. The molecule has 0 bridgehead atoms. The summed E-state index contributed by atoms with van der Waals surface area (Å²) >= 11 is 0. The van der Waals surface area contributed by atoms with Crippen molar-refractivity contribution in [2.75, 3.05) is 6.54 Å². The lowest BCUT2D eigenvalue weighted by Crippen LogP contribution is -2.31. The molecule has 0 fully saturated rings. The Balaban J connectivity index is 3.73. The highest BCUT2D eigenvalue weighted by Gasteiger charge is 2.16. The van der Waals surface area contributed by atoms with Crippen LogP contribution >= 0.6 is 0 Å². The van der Waals surface area contributed by atoms with Crippen LogP contribution in [0.3, 0.4) is 0 Å². The summed E-state index contributed by atoms with van der Waals surface area (Å²) in [6.07, 6.45) is 18.0. The fraction of sp³-hybridized carbons (Fsp3) is 0.905. The number of amides is 1. The fourth-order valence-corrected chi connectivity index (χ4v) is 3.09. The molecule has 0 aromatic carbocycles. The zero-order valence-corrected chi connectivity index (χ0v) is 16.3. The monoisotopic (exact) mass is 339 g/mol. The van der Waals surface area contributed by atoms with Gasteiger partial charge >= 0.3 is 0 Å². The first-order valence-electron chi connectivity index (χ1n) is 10.5. The van der Waals surface area contributed by atoms with E-state index in [4.69, 9.17) is 0 Å². The molecule has 0 rings (SSSR count). The molecule has 0 aliphatic heterocycles. The number of rotatable bonds is 18. The number of hydrogen-bond donors (Lipinski definition) is 1. The van der Waals surface area contributed by atoms with Crippen molar-refractivity contribution in [3.05, 3.63) is 0 Å². The Morgan fingerprint density at radius 2 is 1.38 bits per heavy atom. The van der Waals surface area contributed by atoms with Crippen molar-refractivity contribution >= 4 is 12.2 Å². The van der Waals surface area contributed by atoms with Gasteiger partial charge in [0.25, 0.3) is 0 Å². The van der Waals surface area contributed by atoms with Crippen molar-refractivity contribution in [3.8, 4) is 0 Å². The maximum atomic E-state index is 12.4. The van der Waals surface area contributed by atoms with E-state index in [0.717, 1.165) is 51.4 Å². The van der Waals surface area contributed by atoms with Crippen LogP contribution in [0, 0.1) is 5.92 Å².